The molecule has 0 saturated heterocycles. The summed E-state index contributed by atoms with van der Waals surface area (Å²) in [5, 5.41) is 0. The van der Waals surface area contributed by atoms with Gasteiger partial charge in [0.25, 0.3) is 0 Å². The highest BCUT2D eigenvalue weighted by molar-refractivity contribution is 5.38. The lowest BCUT2D eigenvalue weighted by Crippen LogP contribution is -2.10. The first-order valence-corrected chi connectivity index (χ1v) is 6.36. The fourth-order valence-corrected chi connectivity index (χ4v) is 1.65. The van der Waals surface area contributed by atoms with Gasteiger partial charge in [-0.2, -0.15) is 0 Å². The molecule has 0 unspecified atom stereocenters. The molecule has 2 aromatic rings. The van der Waals surface area contributed by atoms with Gasteiger partial charge in [-0.05, 0) is 24.3 Å². The Morgan fingerprint density at radius 3 is 2.45 bits per heavy atom. The highest BCUT2D eigenvalue weighted by Gasteiger charge is 1.94. The Balaban J connectivity index is 1.85. The summed E-state index contributed by atoms with van der Waals surface area (Å²) in [4.78, 5) is 11.0. The SMILES string of the molecule is NCC#Cc1ccc(OCCn2ccc(=O)cc2)cc1. The van der Waals surface area contributed by atoms with Gasteiger partial charge in [0.1, 0.15) is 12.4 Å². The van der Waals surface area contributed by atoms with Crippen LogP contribution in [0.1, 0.15) is 5.56 Å². The predicted octanol–water partition coefficient (Wildman–Crippen LogP) is 1.24. The number of rotatable bonds is 4. The monoisotopic (exact) mass is 268 g/mol. The fourth-order valence-electron chi connectivity index (χ4n) is 1.65. The van der Waals surface area contributed by atoms with Crippen LogP contribution in [0, 0.1) is 11.8 Å². The predicted molar refractivity (Wildman–Crippen MR) is 78.6 cm³/mol. The molecule has 0 saturated carbocycles. The summed E-state index contributed by atoms with van der Waals surface area (Å²) in [6.07, 6.45) is 3.49. The Bertz CT molecular complexity index is 643. The molecule has 2 rings (SSSR count). The molecule has 20 heavy (non-hydrogen) atoms. The topological polar surface area (TPSA) is 57.2 Å². The van der Waals surface area contributed by atoms with E-state index in [1.54, 1.807) is 12.4 Å². The molecule has 102 valence electrons. The van der Waals surface area contributed by atoms with Crippen LogP contribution < -0.4 is 15.9 Å². The average molecular weight is 268 g/mol. The maximum absolute atomic E-state index is 11.0. The zero-order valence-electron chi connectivity index (χ0n) is 11.1. The Labute approximate surface area is 117 Å². The number of nitrogens with two attached hydrogens (primary N) is 1. The first kappa shape index (κ1) is 13.9. The number of hydrogen-bond acceptors (Lipinski definition) is 3. The van der Waals surface area contributed by atoms with Crippen molar-refractivity contribution in [2.75, 3.05) is 13.2 Å². The van der Waals surface area contributed by atoms with Crippen LogP contribution in [0.15, 0.2) is 53.6 Å². The Hall–Kier alpha value is -2.51. The van der Waals surface area contributed by atoms with E-state index in [1.165, 1.54) is 12.1 Å². The summed E-state index contributed by atoms with van der Waals surface area (Å²) >= 11 is 0. The van der Waals surface area contributed by atoms with Gasteiger partial charge >= 0.3 is 0 Å². The second kappa shape index (κ2) is 7.17. The van der Waals surface area contributed by atoms with Crippen molar-refractivity contribution in [3.05, 3.63) is 64.6 Å². The first-order chi connectivity index (χ1) is 9.78. The van der Waals surface area contributed by atoms with Gasteiger partial charge in [-0.1, -0.05) is 11.8 Å². The number of ether oxygens (including phenoxy) is 1. The van der Waals surface area contributed by atoms with Gasteiger partial charge in [0.2, 0.25) is 0 Å². The number of pyridine rings is 1. The third-order valence-electron chi connectivity index (χ3n) is 2.67. The number of hydrogen-bond donors (Lipinski definition) is 1. The highest BCUT2D eigenvalue weighted by atomic mass is 16.5. The van der Waals surface area contributed by atoms with Crippen LogP contribution in [0.4, 0.5) is 0 Å². The Morgan fingerprint density at radius 1 is 1.10 bits per heavy atom. The summed E-state index contributed by atoms with van der Waals surface area (Å²) in [7, 11) is 0. The summed E-state index contributed by atoms with van der Waals surface area (Å²) in [6, 6.07) is 10.6. The zero-order valence-corrected chi connectivity index (χ0v) is 11.1. The van der Waals surface area contributed by atoms with Gasteiger partial charge < -0.3 is 15.0 Å². The van der Waals surface area contributed by atoms with Crippen molar-refractivity contribution in [3.8, 4) is 17.6 Å². The summed E-state index contributed by atoms with van der Waals surface area (Å²) < 4.78 is 7.53. The minimum Gasteiger partial charge on any atom is -0.492 e. The molecule has 0 radical (unpaired) electrons. The van der Waals surface area contributed by atoms with Gasteiger partial charge in [-0.25, -0.2) is 0 Å². The van der Waals surface area contributed by atoms with Gasteiger partial charge in [0.15, 0.2) is 5.43 Å². The molecule has 1 aromatic heterocycles. The van der Waals surface area contributed by atoms with E-state index in [4.69, 9.17) is 10.5 Å². The molecular formula is C16H16N2O2. The van der Waals surface area contributed by atoms with E-state index in [0.717, 1.165) is 11.3 Å². The van der Waals surface area contributed by atoms with Crippen molar-refractivity contribution in [2.45, 2.75) is 6.54 Å². The molecule has 0 atom stereocenters. The van der Waals surface area contributed by atoms with Crippen LogP contribution in [0.25, 0.3) is 0 Å². The molecule has 0 fully saturated rings. The second-order valence-electron chi connectivity index (χ2n) is 4.15. The molecule has 0 aliphatic heterocycles. The maximum Gasteiger partial charge on any atom is 0.181 e. The molecule has 0 bridgehead atoms. The molecule has 4 nitrogen and oxygen atoms in total. The smallest absolute Gasteiger partial charge is 0.181 e. The molecule has 0 amide bonds. The van der Waals surface area contributed by atoms with E-state index < -0.39 is 0 Å². The minimum atomic E-state index is 0.0105. The quantitative estimate of drug-likeness (QED) is 0.849. The Morgan fingerprint density at radius 2 is 1.80 bits per heavy atom. The van der Waals surface area contributed by atoms with E-state index >= 15 is 0 Å². The average Bonchev–Trinajstić information content (AvgIpc) is 2.48. The third-order valence-corrected chi connectivity index (χ3v) is 2.67. The van der Waals surface area contributed by atoms with Crippen LogP contribution in [0.5, 0.6) is 5.75 Å². The largest absolute Gasteiger partial charge is 0.492 e. The summed E-state index contributed by atoms with van der Waals surface area (Å²) in [5.74, 6) is 6.55. The van der Waals surface area contributed by atoms with Crippen molar-refractivity contribution in [2.24, 2.45) is 5.73 Å². The van der Waals surface area contributed by atoms with Gasteiger partial charge in [0, 0.05) is 30.1 Å². The van der Waals surface area contributed by atoms with Crippen LogP contribution in [0.3, 0.4) is 0 Å². The zero-order chi connectivity index (χ0) is 14.2. The molecule has 0 spiro atoms. The molecule has 4 heteroatoms. The normalized spacial score (nSPS) is 9.65. The van der Waals surface area contributed by atoms with Gasteiger partial charge in [-0.3, -0.25) is 4.79 Å². The Kier molecular flexibility index (Phi) is 4.99. The molecule has 1 heterocycles. The third kappa shape index (κ3) is 4.30. The van der Waals surface area contributed by atoms with E-state index in [0.29, 0.717) is 19.7 Å². The number of benzene rings is 1. The van der Waals surface area contributed by atoms with E-state index in [9.17, 15) is 4.79 Å². The number of aromatic nitrogens is 1. The molecular weight excluding hydrogens is 252 g/mol. The van der Waals surface area contributed by atoms with Gasteiger partial charge in [0.05, 0.1) is 13.1 Å². The first-order valence-electron chi connectivity index (χ1n) is 6.36. The van der Waals surface area contributed by atoms with Crippen molar-refractivity contribution >= 4 is 0 Å². The van der Waals surface area contributed by atoms with Crippen molar-refractivity contribution < 1.29 is 4.74 Å². The summed E-state index contributed by atoms with van der Waals surface area (Å²) in [6.45, 7) is 1.59. The highest BCUT2D eigenvalue weighted by Crippen LogP contribution is 2.11. The van der Waals surface area contributed by atoms with E-state index in [2.05, 4.69) is 11.8 Å². The van der Waals surface area contributed by atoms with E-state index in [-0.39, 0.29) is 5.43 Å². The van der Waals surface area contributed by atoms with Crippen LogP contribution in [-0.2, 0) is 6.54 Å². The van der Waals surface area contributed by atoms with Crippen LogP contribution >= 0.6 is 0 Å². The lowest BCUT2D eigenvalue weighted by atomic mass is 10.2. The van der Waals surface area contributed by atoms with Crippen molar-refractivity contribution in [1.82, 2.24) is 4.57 Å². The lowest BCUT2D eigenvalue weighted by molar-refractivity contribution is 0.298. The van der Waals surface area contributed by atoms with E-state index in [1.807, 2.05) is 28.8 Å². The maximum atomic E-state index is 11.0. The molecule has 2 N–H and O–H groups in total. The minimum absolute atomic E-state index is 0.0105. The standard InChI is InChI=1S/C16H16N2O2/c17-9-1-2-14-3-5-16(6-4-14)20-13-12-18-10-7-15(19)8-11-18/h3-8,10-11H,9,12-13,17H2. The van der Waals surface area contributed by atoms with Crippen molar-refractivity contribution in [1.29, 1.82) is 0 Å². The second-order valence-corrected chi connectivity index (χ2v) is 4.15. The fraction of sp³-hybridized carbons (Fsp3) is 0.188. The lowest BCUT2D eigenvalue weighted by Gasteiger charge is -2.08. The molecule has 0 aliphatic rings. The van der Waals surface area contributed by atoms with Crippen LogP contribution in [0.2, 0.25) is 0 Å². The molecule has 0 aliphatic carbocycles. The van der Waals surface area contributed by atoms with Crippen LogP contribution in [-0.4, -0.2) is 17.7 Å². The summed E-state index contributed by atoms with van der Waals surface area (Å²) in [5.41, 5.74) is 6.25. The van der Waals surface area contributed by atoms with Crippen molar-refractivity contribution in [3.63, 3.8) is 0 Å². The number of nitrogens with zero attached hydrogens (tertiary/aromatic N) is 1. The van der Waals surface area contributed by atoms with Gasteiger partial charge in [-0.15, -0.1) is 0 Å². The molecule has 1 aromatic carbocycles.